The Morgan fingerprint density at radius 2 is 2.00 bits per heavy atom. The summed E-state index contributed by atoms with van der Waals surface area (Å²) in [7, 11) is 0. The average molecular weight is 353 g/mol. The first kappa shape index (κ1) is 16.3. The number of nitrogens with one attached hydrogen (secondary N) is 1. The summed E-state index contributed by atoms with van der Waals surface area (Å²) in [5.41, 5.74) is 2.58. The Labute approximate surface area is 151 Å². The van der Waals surface area contributed by atoms with Crippen LogP contribution in [0.1, 0.15) is 42.2 Å². The fourth-order valence-corrected chi connectivity index (χ4v) is 4.83. The molecule has 25 heavy (non-hydrogen) atoms. The summed E-state index contributed by atoms with van der Waals surface area (Å²) in [6.07, 6.45) is 5.44. The number of aromatic nitrogens is 2. The van der Waals surface area contributed by atoms with Crippen molar-refractivity contribution < 1.29 is 0 Å². The van der Waals surface area contributed by atoms with E-state index < -0.39 is 0 Å². The molecule has 0 saturated heterocycles. The third-order valence-corrected chi connectivity index (χ3v) is 6.00. The van der Waals surface area contributed by atoms with Crippen molar-refractivity contribution in [1.29, 1.82) is 0 Å². The van der Waals surface area contributed by atoms with Gasteiger partial charge < -0.3 is 5.32 Å². The van der Waals surface area contributed by atoms with Crippen LogP contribution in [0, 0.1) is 0 Å². The molecule has 5 heteroatoms. The number of hydrogen-bond acceptors (Lipinski definition) is 4. The molecule has 3 aromatic rings. The number of hydrogen-bond donors (Lipinski definition) is 1. The van der Waals surface area contributed by atoms with Gasteiger partial charge in [0.25, 0.3) is 5.56 Å². The van der Waals surface area contributed by atoms with Gasteiger partial charge in [0.15, 0.2) is 0 Å². The van der Waals surface area contributed by atoms with Crippen LogP contribution in [0.25, 0.3) is 10.2 Å². The van der Waals surface area contributed by atoms with Crippen molar-refractivity contribution in [3.8, 4) is 0 Å². The molecule has 1 N–H and O–H groups in total. The molecule has 130 valence electrons. The largest absolute Gasteiger partial charge is 0.351 e. The molecule has 1 aliphatic rings. The lowest BCUT2D eigenvalue weighted by atomic mass is 9.97. The second kappa shape index (κ2) is 7.00. The first-order chi connectivity index (χ1) is 12.3. The lowest BCUT2D eigenvalue weighted by Crippen LogP contribution is -2.25. The van der Waals surface area contributed by atoms with Crippen LogP contribution >= 0.6 is 11.3 Å². The molecule has 0 spiro atoms. The van der Waals surface area contributed by atoms with Gasteiger partial charge in [-0.15, -0.1) is 11.3 Å². The summed E-state index contributed by atoms with van der Waals surface area (Å²) in [6.45, 7) is 3.47. The van der Waals surface area contributed by atoms with Gasteiger partial charge in [-0.2, -0.15) is 0 Å². The van der Waals surface area contributed by atoms with E-state index in [9.17, 15) is 4.79 Å². The van der Waals surface area contributed by atoms with Crippen LogP contribution in [-0.2, 0) is 25.9 Å². The third kappa shape index (κ3) is 3.09. The van der Waals surface area contributed by atoms with E-state index in [0.717, 1.165) is 29.5 Å². The Morgan fingerprint density at radius 1 is 1.20 bits per heavy atom. The van der Waals surface area contributed by atoms with E-state index in [0.29, 0.717) is 19.0 Å². The highest BCUT2D eigenvalue weighted by molar-refractivity contribution is 7.18. The highest BCUT2D eigenvalue weighted by Crippen LogP contribution is 2.34. The number of nitrogens with zero attached hydrogens (tertiary/aromatic N) is 2. The van der Waals surface area contributed by atoms with Gasteiger partial charge in [-0.05, 0) is 43.2 Å². The van der Waals surface area contributed by atoms with Gasteiger partial charge in [0.2, 0.25) is 5.95 Å². The Kier molecular flexibility index (Phi) is 4.57. The van der Waals surface area contributed by atoms with Crippen LogP contribution in [0.3, 0.4) is 0 Å². The summed E-state index contributed by atoms with van der Waals surface area (Å²) >= 11 is 1.71. The molecule has 0 unspecified atom stereocenters. The first-order valence-electron chi connectivity index (χ1n) is 9.11. The van der Waals surface area contributed by atoms with E-state index in [1.807, 2.05) is 22.8 Å². The van der Waals surface area contributed by atoms with E-state index in [1.54, 1.807) is 11.3 Å². The van der Waals surface area contributed by atoms with E-state index in [2.05, 4.69) is 24.4 Å². The van der Waals surface area contributed by atoms with Gasteiger partial charge in [-0.1, -0.05) is 37.3 Å². The lowest BCUT2D eigenvalue weighted by Gasteiger charge is -2.14. The molecule has 1 aromatic carbocycles. The molecule has 0 aliphatic heterocycles. The van der Waals surface area contributed by atoms with Crippen LogP contribution in [0.4, 0.5) is 5.95 Å². The number of benzene rings is 1. The molecule has 0 bridgehead atoms. The molecule has 0 radical (unpaired) electrons. The highest BCUT2D eigenvalue weighted by atomic mass is 32.1. The summed E-state index contributed by atoms with van der Waals surface area (Å²) < 4.78 is 1.83. The van der Waals surface area contributed by atoms with Crippen molar-refractivity contribution in [3.05, 3.63) is 56.7 Å². The van der Waals surface area contributed by atoms with E-state index in [-0.39, 0.29) is 5.56 Å². The SMILES string of the molecule is CCCn1c(NCc2ccccc2)nc2sc3c(c2c1=O)CCCC3. The van der Waals surface area contributed by atoms with Crippen molar-refractivity contribution in [2.45, 2.75) is 52.1 Å². The molecular weight excluding hydrogens is 330 g/mol. The van der Waals surface area contributed by atoms with Gasteiger partial charge in [0.1, 0.15) is 4.83 Å². The summed E-state index contributed by atoms with van der Waals surface area (Å²) in [5.74, 6) is 0.696. The Morgan fingerprint density at radius 3 is 2.80 bits per heavy atom. The van der Waals surface area contributed by atoms with Crippen molar-refractivity contribution in [2.75, 3.05) is 5.32 Å². The fourth-order valence-electron chi connectivity index (χ4n) is 3.58. The summed E-state index contributed by atoms with van der Waals surface area (Å²) in [5, 5.41) is 4.26. The predicted octanol–water partition coefficient (Wildman–Crippen LogP) is 4.36. The first-order valence-corrected chi connectivity index (χ1v) is 9.92. The van der Waals surface area contributed by atoms with Gasteiger partial charge in [-0.3, -0.25) is 9.36 Å². The maximum absolute atomic E-state index is 13.2. The van der Waals surface area contributed by atoms with Crippen LogP contribution in [-0.4, -0.2) is 9.55 Å². The van der Waals surface area contributed by atoms with E-state index in [4.69, 9.17) is 4.98 Å². The zero-order valence-corrected chi connectivity index (χ0v) is 15.4. The standard InChI is InChI=1S/C20H23N3OS/c1-2-12-23-19(24)17-15-10-6-7-11-16(15)25-18(17)22-20(23)21-13-14-8-4-3-5-9-14/h3-5,8-9H,2,6-7,10-13H2,1H3,(H,21,22). The third-order valence-electron chi connectivity index (χ3n) is 4.82. The monoisotopic (exact) mass is 353 g/mol. The smallest absolute Gasteiger partial charge is 0.263 e. The molecule has 4 nitrogen and oxygen atoms in total. The summed E-state index contributed by atoms with van der Waals surface area (Å²) in [4.78, 5) is 20.3. The van der Waals surface area contributed by atoms with E-state index in [1.165, 1.54) is 28.8 Å². The quantitative estimate of drug-likeness (QED) is 0.741. The molecule has 1 aliphatic carbocycles. The van der Waals surface area contributed by atoms with Gasteiger partial charge in [0.05, 0.1) is 5.39 Å². The van der Waals surface area contributed by atoms with Crippen molar-refractivity contribution in [3.63, 3.8) is 0 Å². The average Bonchev–Trinajstić information content (AvgIpc) is 3.02. The molecule has 0 saturated carbocycles. The van der Waals surface area contributed by atoms with Crippen LogP contribution in [0.5, 0.6) is 0 Å². The second-order valence-corrected chi connectivity index (χ2v) is 7.71. The fraction of sp³-hybridized carbons (Fsp3) is 0.400. The molecule has 2 aromatic heterocycles. The minimum Gasteiger partial charge on any atom is -0.351 e. The number of fused-ring (bicyclic) bond motifs is 3. The maximum atomic E-state index is 13.2. The summed E-state index contributed by atoms with van der Waals surface area (Å²) in [6, 6.07) is 10.2. The topological polar surface area (TPSA) is 46.9 Å². The zero-order chi connectivity index (χ0) is 17.2. The van der Waals surface area contributed by atoms with Crippen LogP contribution in [0.15, 0.2) is 35.1 Å². The Hall–Kier alpha value is -2.14. The minimum absolute atomic E-state index is 0.127. The number of anilines is 1. The predicted molar refractivity (Wildman–Crippen MR) is 105 cm³/mol. The van der Waals surface area contributed by atoms with Crippen molar-refractivity contribution in [1.82, 2.24) is 9.55 Å². The van der Waals surface area contributed by atoms with Gasteiger partial charge in [0, 0.05) is 18.0 Å². The zero-order valence-electron chi connectivity index (χ0n) is 14.5. The lowest BCUT2D eigenvalue weighted by molar-refractivity contribution is 0.651. The molecule has 0 atom stereocenters. The number of rotatable bonds is 5. The van der Waals surface area contributed by atoms with Crippen LogP contribution in [0.2, 0.25) is 0 Å². The maximum Gasteiger partial charge on any atom is 0.263 e. The second-order valence-electron chi connectivity index (χ2n) is 6.62. The van der Waals surface area contributed by atoms with Gasteiger partial charge in [-0.25, -0.2) is 4.98 Å². The molecular formula is C20H23N3OS. The minimum atomic E-state index is 0.127. The molecule has 0 amide bonds. The molecule has 4 rings (SSSR count). The number of aryl methyl sites for hydroxylation is 2. The highest BCUT2D eigenvalue weighted by Gasteiger charge is 2.21. The molecule has 0 fully saturated rings. The Balaban J connectivity index is 1.77. The van der Waals surface area contributed by atoms with Gasteiger partial charge >= 0.3 is 0 Å². The number of thiophene rings is 1. The van der Waals surface area contributed by atoms with E-state index >= 15 is 0 Å². The van der Waals surface area contributed by atoms with Crippen molar-refractivity contribution in [2.24, 2.45) is 0 Å². The molecule has 2 heterocycles. The normalized spacial score (nSPS) is 13.8. The van der Waals surface area contributed by atoms with Crippen molar-refractivity contribution >= 4 is 27.5 Å². The Bertz CT molecular complexity index is 943. The van der Waals surface area contributed by atoms with Crippen LogP contribution < -0.4 is 10.9 Å².